The molecule has 2 aliphatic heterocycles. The quantitative estimate of drug-likeness (QED) is 0.568. The summed E-state index contributed by atoms with van der Waals surface area (Å²) in [6, 6.07) is 0. The van der Waals surface area contributed by atoms with Crippen molar-refractivity contribution in [2.24, 2.45) is 0 Å². The van der Waals surface area contributed by atoms with Gasteiger partial charge >= 0.3 is 0 Å². The minimum atomic E-state index is 0.561. The molecule has 0 saturated carbocycles. The summed E-state index contributed by atoms with van der Waals surface area (Å²) >= 11 is 0. The van der Waals surface area contributed by atoms with Gasteiger partial charge in [-0.2, -0.15) is 0 Å². The molecule has 0 aromatic rings. The van der Waals surface area contributed by atoms with Crippen molar-refractivity contribution >= 4 is 0 Å². The fourth-order valence-electron chi connectivity index (χ4n) is 3.07. The first-order valence-corrected chi connectivity index (χ1v) is 5.18. The smallest absolute Gasteiger partial charge is 0.0250 e. The van der Waals surface area contributed by atoms with Gasteiger partial charge in [-0.3, -0.25) is 4.90 Å². The maximum atomic E-state index is 4.12. The molecule has 2 fully saturated rings. The van der Waals surface area contributed by atoms with Crippen molar-refractivity contribution in [3.8, 4) is 0 Å². The van der Waals surface area contributed by atoms with E-state index in [1.54, 1.807) is 0 Å². The molecule has 1 atom stereocenters. The van der Waals surface area contributed by atoms with E-state index in [0.29, 0.717) is 5.54 Å². The Balaban J connectivity index is 2.14. The van der Waals surface area contributed by atoms with E-state index in [1.165, 1.54) is 50.8 Å². The van der Waals surface area contributed by atoms with Crippen LogP contribution in [0.1, 0.15) is 39.0 Å². The Morgan fingerprint density at radius 1 is 1.58 bits per heavy atom. The number of hydrogen-bond donors (Lipinski definition) is 0. The highest BCUT2D eigenvalue weighted by Crippen LogP contribution is 2.43. The summed E-state index contributed by atoms with van der Waals surface area (Å²) in [6.45, 7) is 8.92. The Labute approximate surface area is 75.4 Å². The number of nitrogens with zero attached hydrogens (tertiary/aromatic N) is 1. The third kappa shape index (κ3) is 1.11. The third-order valence-electron chi connectivity index (χ3n) is 3.45. The van der Waals surface area contributed by atoms with Crippen LogP contribution in [0, 0.1) is 0 Å². The van der Waals surface area contributed by atoms with Crippen molar-refractivity contribution < 1.29 is 0 Å². The Hall–Kier alpha value is -0.300. The lowest BCUT2D eigenvalue weighted by Crippen LogP contribution is -2.37. The lowest BCUT2D eigenvalue weighted by Gasteiger charge is -2.31. The van der Waals surface area contributed by atoms with Gasteiger partial charge in [-0.25, -0.2) is 0 Å². The van der Waals surface area contributed by atoms with Crippen molar-refractivity contribution in [1.82, 2.24) is 4.90 Å². The summed E-state index contributed by atoms with van der Waals surface area (Å²) in [7, 11) is 0. The first-order valence-electron chi connectivity index (χ1n) is 5.18. The molecule has 0 bridgehead atoms. The van der Waals surface area contributed by atoms with E-state index in [1.807, 2.05) is 0 Å². The fourth-order valence-corrected chi connectivity index (χ4v) is 3.07. The maximum Gasteiger partial charge on any atom is 0.0250 e. The van der Waals surface area contributed by atoms with Gasteiger partial charge < -0.3 is 0 Å². The monoisotopic (exact) mass is 165 g/mol. The van der Waals surface area contributed by atoms with Crippen molar-refractivity contribution in [3.63, 3.8) is 0 Å². The molecule has 0 spiro atoms. The molecule has 0 aliphatic carbocycles. The molecule has 2 heterocycles. The SMILES string of the molecule is C=C1CN2CCCC2(CCC)C1. The second-order valence-corrected chi connectivity index (χ2v) is 4.43. The van der Waals surface area contributed by atoms with Crippen molar-refractivity contribution in [2.75, 3.05) is 13.1 Å². The number of fused-ring (bicyclic) bond motifs is 1. The van der Waals surface area contributed by atoms with Crippen LogP contribution in [0.4, 0.5) is 0 Å². The van der Waals surface area contributed by atoms with Crippen LogP contribution in [0.3, 0.4) is 0 Å². The molecule has 0 radical (unpaired) electrons. The van der Waals surface area contributed by atoms with Gasteiger partial charge in [0, 0.05) is 12.1 Å². The van der Waals surface area contributed by atoms with Crippen molar-refractivity contribution in [1.29, 1.82) is 0 Å². The zero-order valence-corrected chi connectivity index (χ0v) is 8.10. The highest BCUT2D eigenvalue weighted by molar-refractivity contribution is 5.17. The minimum Gasteiger partial charge on any atom is -0.293 e. The standard InChI is InChI=1S/C11H19N/c1-3-5-11-6-4-7-12(11)9-10(2)8-11/h2-9H2,1H3. The van der Waals surface area contributed by atoms with E-state index >= 15 is 0 Å². The van der Waals surface area contributed by atoms with Crippen LogP contribution in [0.2, 0.25) is 0 Å². The molecule has 1 unspecified atom stereocenters. The molecule has 0 aromatic carbocycles. The molecule has 0 N–H and O–H groups in total. The first-order chi connectivity index (χ1) is 5.77. The molecule has 2 saturated heterocycles. The Kier molecular flexibility index (Phi) is 1.99. The Morgan fingerprint density at radius 2 is 2.42 bits per heavy atom. The second-order valence-electron chi connectivity index (χ2n) is 4.43. The van der Waals surface area contributed by atoms with Gasteiger partial charge in [0.25, 0.3) is 0 Å². The Morgan fingerprint density at radius 3 is 3.17 bits per heavy atom. The summed E-state index contributed by atoms with van der Waals surface area (Å²) in [5.74, 6) is 0. The van der Waals surface area contributed by atoms with Crippen LogP contribution in [0.5, 0.6) is 0 Å². The zero-order chi connectivity index (χ0) is 8.60. The van der Waals surface area contributed by atoms with Crippen LogP contribution in [-0.2, 0) is 0 Å². The summed E-state index contributed by atoms with van der Waals surface area (Å²) in [5.41, 5.74) is 2.02. The average molecular weight is 165 g/mol. The normalized spacial score (nSPS) is 35.9. The Bertz CT molecular complexity index is 197. The van der Waals surface area contributed by atoms with Gasteiger partial charge in [0.15, 0.2) is 0 Å². The van der Waals surface area contributed by atoms with Crippen molar-refractivity contribution in [3.05, 3.63) is 12.2 Å². The van der Waals surface area contributed by atoms with E-state index in [-0.39, 0.29) is 0 Å². The van der Waals surface area contributed by atoms with Gasteiger partial charge in [-0.1, -0.05) is 25.5 Å². The average Bonchev–Trinajstić information content (AvgIpc) is 2.44. The molecule has 1 nitrogen and oxygen atoms in total. The fraction of sp³-hybridized carbons (Fsp3) is 0.818. The zero-order valence-electron chi connectivity index (χ0n) is 8.10. The lowest BCUT2D eigenvalue weighted by molar-refractivity contribution is 0.181. The summed E-state index contributed by atoms with van der Waals surface area (Å²) in [4.78, 5) is 2.67. The predicted molar refractivity (Wildman–Crippen MR) is 52.2 cm³/mol. The summed E-state index contributed by atoms with van der Waals surface area (Å²) < 4.78 is 0. The molecule has 0 amide bonds. The number of rotatable bonds is 2. The van der Waals surface area contributed by atoms with Gasteiger partial charge in [0.05, 0.1) is 0 Å². The highest BCUT2D eigenvalue weighted by atomic mass is 15.2. The third-order valence-corrected chi connectivity index (χ3v) is 3.45. The van der Waals surface area contributed by atoms with Gasteiger partial charge in [-0.05, 0) is 32.2 Å². The molecule has 12 heavy (non-hydrogen) atoms. The molecule has 1 heteroatoms. The van der Waals surface area contributed by atoms with Crippen LogP contribution in [-0.4, -0.2) is 23.5 Å². The maximum absolute atomic E-state index is 4.12. The molecular weight excluding hydrogens is 146 g/mol. The molecule has 0 aromatic heterocycles. The predicted octanol–water partition coefficient (Wildman–Crippen LogP) is 2.58. The van der Waals surface area contributed by atoms with E-state index in [2.05, 4.69) is 18.4 Å². The van der Waals surface area contributed by atoms with Gasteiger partial charge in [0.1, 0.15) is 0 Å². The molecule has 68 valence electrons. The van der Waals surface area contributed by atoms with Gasteiger partial charge in [-0.15, -0.1) is 0 Å². The van der Waals surface area contributed by atoms with Crippen LogP contribution in [0.15, 0.2) is 12.2 Å². The topological polar surface area (TPSA) is 3.24 Å². The largest absolute Gasteiger partial charge is 0.293 e. The number of hydrogen-bond acceptors (Lipinski definition) is 1. The highest BCUT2D eigenvalue weighted by Gasteiger charge is 2.44. The lowest BCUT2D eigenvalue weighted by atomic mass is 9.88. The van der Waals surface area contributed by atoms with E-state index in [4.69, 9.17) is 0 Å². The van der Waals surface area contributed by atoms with E-state index in [9.17, 15) is 0 Å². The van der Waals surface area contributed by atoms with Crippen LogP contribution < -0.4 is 0 Å². The van der Waals surface area contributed by atoms with Crippen molar-refractivity contribution in [2.45, 2.75) is 44.6 Å². The van der Waals surface area contributed by atoms with Crippen LogP contribution in [0.25, 0.3) is 0 Å². The first kappa shape index (κ1) is 8.31. The molecule has 2 aliphatic rings. The van der Waals surface area contributed by atoms with E-state index < -0.39 is 0 Å². The summed E-state index contributed by atoms with van der Waals surface area (Å²) in [5, 5.41) is 0. The van der Waals surface area contributed by atoms with E-state index in [0.717, 1.165) is 0 Å². The second kappa shape index (κ2) is 2.88. The molecule has 2 rings (SSSR count). The van der Waals surface area contributed by atoms with Crippen LogP contribution >= 0.6 is 0 Å². The van der Waals surface area contributed by atoms with Gasteiger partial charge in [0.2, 0.25) is 0 Å². The molecular formula is C11H19N. The minimum absolute atomic E-state index is 0.561. The summed E-state index contributed by atoms with van der Waals surface area (Å²) in [6.07, 6.45) is 6.81.